The van der Waals surface area contributed by atoms with Gasteiger partial charge in [-0.15, -0.1) is 0 Å². The Morgan fingerprint density at radius 2 is 2.08 bits per heavy atom. The minimum Gasteiger partial charge on any atom is -0.379 e. The number of nitrogens with one attached hydrogen (secondary N) is 2. The summed E-state index contributed by atoms with van der Waals surface area (Å²) in [5.74, 6) is 0. The number of primary sulfonamides is 1. The number of hydrogen-bond acceptors (Lipinski definition) is 5. The number of urea groups is 1. The van der Waals surface area contributed by atoms with Crippen LogP contribution in [-0.4, -0.2) is 46.9 Å². The molecule has 2 amide bonds. The van der Waals surface area contributed by atoms with Crippen LogP contribution in [0.15, 0.2) is 29.2 Å². The number of nitrogens with two attached hydrogens (primary N) is 1. The van der Waals surface area contributed by atoms with E-state index in [2.05, 4.69) is 10.6 Å². The van der Waals surface area contributed by atoms with Crippen LogP contribution in [0.5, 0.6) is 0 Å². The summed E-state index contributed by atoms with van der Waals surface area (Å²) in [6, 6.07) is 5.26. The number of rotatable bonds is 8. The minimum absolute atomic E-state index is 0.00292. The van der Waals surface area contributed by atoms with Gasteiger partial charge in [0, 0.05) is 25.4 Å². The van der Waals surface area contributed by atoms with Crippen molar-refractivity contribution in [3.8, 4) is 0 Å². The number of amides is 2. The Morgan fingerprint density at radius 3 is 2.71 bits per heavy atom. The lowest BCUT2D eigenvalue weighted by atomic mass is 10.2. The smallest absolute Gasteiger partial charge is 0.319 e. The molecule has 0 unspecified atom stereocenters. The van der Waals surface area contributed by atoms with Crippen molar-refractivity contribution in [2.24, 2.45) is 5.14 Å². The molecule has 8 nitrogen and oxygen atoms in total. The first-order valence-corrected chi connectivity index (χ1v) is 9.37. The van der Waals surface area contributed by atoms with E-state index in [1.807, 2.05) is 0 Å². The van der Waals surface area contributed by atoms with Crippen molar-refractivity contribution in [3.63, 3.8) is 0 Å². The number of benzene rings is 1. The summed E-state index contributed by atoms with van der Waals surface area (Å²) in [5.41, 5.74) is 0.481. The predicted octanol–water partition coefficient (Wildman–Crippen LogP) is 1.04. The standard InChI is InChI=1S/C15H23N3O5S/c16-24(20,21)14-6-4-12(5-7-14)18-15(19)17-8-2-9-22-11-13-3-1-10-23-13/h4-7,13H,1-3,8-11H2,(H2,16,20,21)(H2,17,18,19)/t13-/m0/s1. The predicted molar refractivity (Wildman–Crippen MR) is 89.2 cm³/mol. The summed E-state index contributed by atoms with van der Waals surface area (Å²) in [6.07, 6.45) is 3.05. The fraction of sp³-hybridized carbons (Fsp3) is 0.533. The highest BCUT2D eigenvalue weighted by molar-refractivity contribution is 7.89. The summed E-state index contributed by atoms with van der Waals surface area (Å²) in [5, 5.41) is 10.3. The summed E-state index contributed by atoms with van der Waals surface area (Å²) in [4.78, 5) is 11.7. The summed E-state index contributed by atoms with van der Waals surface area (Å²) < 4.78 is 33.2. The number of anilines is 1. The molecule has 1 atom stereocenters. The number of carbonyl (C=O) groups is 1. The van der Waals surface area contributed by atoms with E-state index in [9.17, 15) is 13.2 Å². The van der Waals surface area contributed by atoms with Crippen LogP contribution in [0.4, 0.5) is 10.5 Å². The molecule has 1 aromatic carbocycles. The van der Waals surface area contributed by atoms with Gasteiger partial charge in [-0.3, -0.25) is 0 Å². The van der Waals surface area contributed by atoms with Gasteiger partial charge in [-0.1, -0.05) is 0 Å². The van der Waals surface area contributed by atoms with Gasteiger partial charge in [-0.25, -0.2) is 18.4 Å². The normalized spacial score (nSPS) is 17.6. The van der Waals surface area contributed by atoms with Crippen molar-refractivity contribution in [2.45, 2.75) is 30.3 Å². The molecule has 1 aliphatic rings. The lowest BCUT2D eigenvalue weighted by molar-refractivity contribution is 0.0168. The third-order valence-electron chi connectivity index (χ3n) is 3.52. The zero-order valence-corrected chi connectivity index (χ0v) is 14.2. The maximum Gasteiger partial charge on any atom is 0.319 e. The zero-order valence-electron chi connectivity index (χ0n) is 13.4. The van der Waals surface area contributed by atoms with Crippen molar-refractivity contribution in [1.82, 2.24) is 5.32 Å². The molecule has 1 aromatic rings. The van der Waals surface area contributed by atoms with Gasteiger partial charge in [0.2, 0.25) is 10.0 Å². The first-order chi connectivity index (χ1) is 11.4. The number of carbonyl (C=O) groups excluding carboxylic acids is 1. The fourth-order valence-electron chi connectivity index (χ4n) is 2.27. The molecule has 0 spiro atoms. The van der Waals surface area contributed by atoms with Crippen LogP contribution < -0.4 is 15.8 Å². The highest BCUT2D eigenvalue weighted by Crippen LogP contribution is 2.13. The van der Waals surface area contributed by atoms with Crippen molar-refractivity contribution in [2.75, 3.05) is 31.7 Å². The SMILES string of the molecule is NS(=O)(=O)c1ccc(NC(=O)NCCCOC[C@@H]2CCCO2)cc1. The van der Waals surface area contributed by atoms with Gasteiger partial charge in [-0.05, 0) is 43.5 Å². The molecule has 0 radical (unpaired) electrons. The van der Waals surface area contributed by atoms with Crippen LogP contribution in [0.1, 0.15) is 19.3 Å². The molecule has 24 heavy (non-hydrogen) atoms. The molecule has 0 aromatic heterocycles. The Kier molecular flexibility index (Phi) is 6.98. The molecular formula is C15H23N3O5S. The average molecular weight is 357 g/mol. The lowest BCUT2D eigenvalue weighted by Crippen LogP contribution is -2.30. The summed E-state index contributed by atoms with van der Waals surface area (Å²) in [7, 11) is -3.73. The summed E-state index contributed by atoms with van der Waals surface area (Å²) >= 11 is 0. The molecule has 0 aliphatic carbocycles. The largest absolute Gasteiger partial charge is 0.379 e. The van der Waals surface area contributed by atoms with E-state index >= 15 is 0 Å². The van der Waals surface area contributed by atoms with E-state index in [4.69, 9.17) is 14.6 Å². The van der Waals surface area contributed by atoms with Crippen molar-refractivity contribution in [1.29, 1.82) is 0 Å². The zero-order chi connectivity index (χ0) is 17.4. The molecule has 1 saturated heterocycles. The fourth-order valence-corrected chi connectivity index (χ4v) is 2.79. The maximum atomic E-state index is 11.7. The van der Waals surface area contributed by atoms with E-state index in [1.54, 1.807) is 0 Å². The number of ether oxygens (including phenoxy) is 2. The Balaban J connectivity index is 1.59. The first-order valence-electron chi connectivity index (χ1n) is 7.82. The van der Waals surface area contributed by atoms with Crippen LogP contribution in [0.2, 0.25) is 0 Å². The Morgan fingerprint density at radius 1 is 1.33 bits per heavy atom. The molecule has 134 valence electrons. The second-order valence-corrected chi connectivity index (χ2v) is 7.08. The molecular weight excluding hydrogens is 334 g/mol. The van der Waals surface area contributed by atoms with E-state index in [0.29, 0.717) is 31.9 Å². The van der Waals surface area contributed by atoms with Crippen LogP contribution in [0, 0.1) is 0 Å². The molecule has 1 heterocycles. The van der Waals surface area contributed by atoms with Crippen LogP contribution in [0.25, 0.3) is 0 Å². The second-order valence-electron chi connectivity index (χ2n) is 5.51. The van der Waals surface area contributed by atoms with Crippen molar-refractivity contribution >= 4 is 21.7 Å². The average Bonchev–Trinajstić information content (AvgIpc) is 3.03. The summed E-state index contributed by atoms with van der Waals surface area (Å²) in [6.45, 7) is 2.45. The number of sulfonamides is 1. The number of hydrogen-bond donors (Lipinski definition) is 3. The monoisotopic (exact) mass is 357 g/mol. The third kappa shape index (κ3) is 6.44. The highest BCUT2D eigenvalue weighted by Gasteiger charge is 2.14. The quantitative estimate of drug-likeness (QED) is 0.601. The lowest BCUT2D eigenvalue weighted by Gasteiger charge is -2.11. The Bertz CT molecular complexity index is 627. The molecule has 2 rings (SSSR count). The van der Waals surface area contributed by atoms with E-state index in [0.717, 1.165) is 19.4 Å². The molecule has 9 heteroatoms. The maximum absolute atomic E-state index is 11.7. The van der Waals surface area contributed by atoms with E-state index < -0.39 is 10.0 Å². The molecule has 4 N–H and O–H groups in total. The van der Waals surface area contributed by atoms with Crippen LogP contribution in [-0.2, 0) is 19.5 Å². The highest BCUT2D eigenvalue weighted by atomic mass is 32.2. The van der Waals surface area contributed by atoms with Gasteiger partial charge in [-0.2, -0.15) is 0 Å². The van der Waals surface area contributed by atoms with Crippen molar-refractivity contribution < 1.29 is 22.7 Å². The van der Waals surface area contributed by atoms with Crippen LogP contribution in [0.3, 0.4) is 0 Å². The topological polar surface area (TPSA) is 120 Å². The van der Waals surface area contributed by atoms with E-state index in [1.165, 1.54) is 24.3 Å². The molecule has 0 bridgehead atoms. The molecule has 0 saturated carbocycles. The van der Waals surface area contributed by atoms with Gasteiger partial charge in [0.05, 0.1) is 17.6 Å². The Labute approximate surface area is 141 Å². The Hall–Kier alpha value is -1.68. The molecule has 1 aliphatic heterocycles. The minimum atomic E-state index is -3.73. The third-order valence-corrected chi connectivity index (χ3v) is 4.45. The first kappa shape index (κ1) is 18.7. The second kappa shape index (κ2) is 8.97. The van der Waals surface area contributed by atoms with Gasteiger partial charge in [0.15, 0.2) is 0 Å². The van der Waals surface area contributed by atoms with Gasteiger partial charge in [0.1, 0.15) is 0 Å². The van der Waals surface area contributed by atoms with Gasteiger partial charge in [0.25, 0.3) is 0 Å². The van der Waals surface area contributed by atoms with Crippen molar-refractivity contribution in [3.05, 3.63) is 24.3 Å². The van der Waals surface area contributed by atoms with E-state index in [-0.39, 0.29) is 17.0 Å². The van der Waals surface area contributed by atoms with Gasteiger partial charge >= 0.3 is 6.03 Å². The van der Waals surface area contributed by atoms with Crippen LogP contribution >= 0.6 is 0 Å². The van der Waals surface area contributed by atoms with Gasteiger partial charge < -0.3 is 20.1 Å². The molecule has 1 fully saturated rings.